The summed E-state index contributed by atoms with van der Waals surface area (Å²) in [5.41, 5.74) is 0.0945. The number of aliphatic hydroxyl groups excluding tert-OH is 2. The van der Waals surface area contributed by atoms with Gasteiger partial charge in [0.1, 0.15) is 25.0 Å². The molecule has 23 heavy (non-hydrogen) atoms. The summed E-state index contributed by atoms with van der Waals surface area (Å²) in [6.45, 7) is -0.976. The van der Waals surface area contributed by atoms with Gasteiger partial charge in [0, 0.05) is 6.07 Å². The number of non-ortho nitro benzene ring substituents is 1. The first kappa shape index (κ1) is 15.5. The number of alkyl halides is 1. The Morgan fingerprint density at radius 1 is 1.35 bits per heavy atom. The van der Waals surface area contributed by atoms with E-state index in [2.05, 4.69) is 20.3 Å². The Hall–Kier alpha value is -2.37. The Kier molecular flexibility index (Phi) is 4.07. The van der Waals surface area contributed by atoms with Gasteiger partial charge in [0.15, 0.2) is 5.52 Å². The molecule has 1 saturated heterocycles. The van der Waals surface area contributed by atoms with E-state index in [0.717, 1.165) is 0 Å². The van der Waals surface area contributed by atoms with Gasteiger partial charge in [0.25, 0.3) is 0 Å². The van der Waals surface area contributed by atoms with Crippen molar-refractivity contribution in [2.24, 2.45) is 0 Å². The number of halogens is 1. The molecular weight excluding hydrogens is 315 g/mol. The van der Waals surface area contributed by atoms with Gasteiger partial charge in [-0.05, 0) is 16.4 Å². The zero-order valence-electron chi connectivity index (χ0n) is 11.6. The lowest BCUT2D eigenvalue weighted by molar-refractivity contribution is -0.383. The molecule has 2 heterocycles. The number of ether oxygens (including phenoxy) is 1. The summed E-state index contributed by atoms with van der Waals surface area (Å²) in [5.74, 6) is 0. The molecule has 0 bridgehead atoms. The molecule has 0 saturated carbocycles. The van der Waals surface area contributed by atoms with Crippen LogP contribution >= 0.6 is 0 Å². The second-order valence-electron chi connectivity index (χ2n) is 5.11. The molecule has 1 aliphatic rings. The second-order valence-corrected chi connectivity index (χ2v) is 5.11. The van der Waals surface area contributed by atoms with Crippen molar-refractivity contribution in [1.82, 2.24) is 10.3 Å². The summed E-state index contributed by atoms with van der Waals surface area (Å²) in [6, 6.07) is 1.84. The van der Waals surface area contributed by atoms with E-state index in [9.17, 15) is 24.7 Å². The van der Waals surface area contributed by atoms with Crippen LogP contribution in [0.2, 0.25) is 0 Å². The van der Waals surface area contributed by atoms with Crippen molar-refractivity contribution in [2.75, 3.05) is 18.6 Å². The quantitative estimate of drug-likeness (QED) is 0.521. The molecule has 0 amide bonds. The van der Waals surface area contributed by atoms with Gasteiger partial charge in [-0.3, -0.25) is 10.1 Å². The van der Waals surface area contributed by atoms with Gasteiger partial charge < -0.3 is 20.3 Å². The van der Waals surface area contributed by atoms with E-state index < -0.39 is 36.0 Å². The Labute approximate surface area is 128 Å². The first-order chi connectivity index (χ1) is 11.0. The predicted octanol–water partition coefficient (Wildman–Crippen LogP) is 0.00160. The Balaban J connectivity index is 1.86. The number of hydrogen-bond donors (Lipinski definition) is 3. The van der Waals surface area contributed by atoms with Crippen molar-refractivity contribution >= 4 is 22.4 Å². The Morgan fingerprint density at radius 2 is 2.09 bits per heavy atom. The predicted molar refractivity (Wildman–Crippen MR) is 73.6 cm³/mol. The molecule has 0 radical (unpaired) electrons. The number of aromatic nitrogens is 2. The molecule has 3 unspecified atom stereocenters. The van der Waals surface area contributed by atoms with Crippen molar-refractivity contribution in [1.29, 1.82) is 0 Å². The minimum absolute atomic E-state index is 0.0478. The highest BCUT2D eigenvalue weighted by molar-refractivity contribution is 5.93. The molecule has 1 aromatic heterocycles. The minimum atomic E-state index is -1.39. The van der Waals surface area contributed by atoms with Crippen molar-refractivity contribution in [3.63, 3.8) is 0 Å². The lowest BCUT2D eigenvalue weighted by Crippen LogP contribution is -2.56. The SMILES string of the molecule is O=[N+]([O-])c1ccc(NC2COC(CF)[C@H](O)C2O)c2nonc12. The number of anilines is 1. The summed E-state index contributed by atoms with van der Waals surface area (Å²) in [7, 11) is 0. The topological polar surface area (TPSA) is 144 Å². The monoisotopic (exact) mass is 328 g/mol. The summed E-state index contributed by atoms with van der Waals surface area (Å²) in [6.07, 6.45) is -3.77. The molecule has 10 nitrogen and oxygen atoms in total. The van der Waals surface area contributed by atoms with Gasteiger partial charge in [-0.15, -0.1) is 0 Å². The van der Waals surface area contributed by atoms with Crippen LogP contribution in [-0.2, 0) is 4.74 Å². The fourth-order valence-corrected chi connectivity index (χ4v) is 2.46. The van der Waals surface area contributed by atoms with Crippen LogP contribution in [0.3, 0.4) is 0 Å². The maximum atomic E-state index is 12.6. The lowest BCUT2D eigenvalue weighted by Gasteiger charge is -2.37. The van der Waals surface area contributed by atoms with E-state index in [1.165, 1.54) is 12.1 Å². The molecule has 124 valence electrons. The van der Waals surface area contributed by atoms with Crippen LogP contribution in [0, 0.1) is 10.1 Å². The maximum Gasteiger partial charge on any atom is 0.300 e. The van der Waals surface area contributed by atoms with Crippen LogP contribution in [0.4, 0.5) is 15.8 Å². The molecule has 0 aliphatic carbocycles. The fraction of sp³-hybridized carbons (Fsp3) is 0.500. The molecule has 3 rings (SSSR count). The van der Waals surface area contributed by atoms with Crippen molar-refractivity contribution in [3.05, 3.63) is 22.2 Å². The van der Waals surface area contributed by atoms with Crippen molar-refractivity contribution in [2.45, 2.75) is 24.4 Å². The molecule has 4 atom stereocenters. The highest BCUT2D eigenvalue weighted by atomic mass is 19.1. The number of nitrogens with zero attached hydrogens (tertiary/aromatic N) is 3. The first-order valence-electron chi connectivity index (χ1n) is 6.73. The largest absolute Gasteiger partial charge is 0.388 e. The summed E-state index contributed by atoms with van der Waals surface area (Å²) in [5, 5.41) is 40.7. The maximum absolute atomic E-state index is 12.6. The first-order valence-corrected chi connectivity index (χ1v) is 6.73. The van der Waals surface area contributed by atoms with Gasteiger partial charge in [0.05, 0.1) is 23.3 Å². The molecule has 1 aliphatic heterocycles. The number of benzene rings is 1. The average molecular weight is 328 g/mol. The molecule has 11 heteroatoms. The second kappa shape index (κ2) is 6.02. The third-order valence-electron chi connectivity index (χ3n) is 3.72. The standard InChI is InChI=1S/C12H13FN4O6/c13-3-8-12(19)11(18)6(4-22-8)14-5-1-2-7(17(20)21)10-9(5)15-23-16-10/h1-2,6,8,11-12,14,18-19H,3-4H2/t6?,8?,11?,12-/m0/s1. The lowest BCUT2D eigenvalue weighted by atomic mass is 9.98. The van der Waals surface area contributed by atoms with E-state index in [1.807, 2.05) is 0 Å². The van der Waals surface area contributed by atoms with Crippen LogP contribution in [0.15, 0.2) is 16.8 Å². The smallest absolute Gasteiger partial charge is 0.300 e. The van der Waals surface area contributed by atoms with Gasteiger partial charge in [0.2, 0.25) is 5.52 Å². The van der Waals surface area contributed by atoms with E-state index in [0.29, 0.717) is 5.69 Å². The fourth-order valence-electron chi connectivity index (χ4n) is 2.46. The summed E-state index contributed by atoms with van der Waals surface area (Å²) < 4.78 is 22.3. The van der Waals surface area contributed by atoms with Crippen LogP contribution in [0.1, 0.15) is 0 Å². The summed E-state index contributed by atoms with van der Waals surface area (Å²) >= 11 is 0. The zero-order chi connectivity index (χ0) is 16.6. The zero-order valence-corrected chi connectivity index (χ0v) is 11.6. The van der Waals surface area contributed by atoms with Crippen LogP contribution in [-0.4, -0.2) is 63.1 Å². The number of fused-ring (bicyclic) bond motifs is 1. The van der Waals surface area contributed by atoms with Gasteiger partial charge in [-0.2, -0.15) is 0 Å². The molecule has 3 N–H and O–H groups in total. The van der Waals surface area contributed by atoms with Gasteiger partial charge >= 0.3 is 5.69 Å². The van der Waals surface area contributed by atoms with Gasteiger partial charge in [-0.1, -0.05) is 0 Å². The van der Waals surface area contributed by atoms with Gasteiger partial charge in [-0.25, -0.2) is 9.02 Å². The normalized spacial score (nSPS) is 28.0. The number of aliphatic hydroxyl groups is 2. The molecule has 1 fully saturated rings. The Bertz CT molecular complexity index is 725. The summed E-state index contributed by atoms with van der Waals surface area (Å²) in [4.78, 5) is 10.3. The highest BCUT2D eigenvalue weighted by Crippen LogP contribution is 2.30. The number of nitro groups is 1. The highest BCUT2D eigenvalue weighted by Gasteiger charge is 2.38. The minimum Gasteiger partial charge on any atom is -0.388 e. The Morgan fingerprint density at radius 3 is 2.78 bits per heavy atom. The number of hydrogen-bond acceptors (Lipinski definition) is 9. The van der Waals surface area contributed by atoms with Crippen molar-refractivity contribution < 1.29 is 28.9 Å². The van der Waals surface area contributed by atoms with Crippen LogP contribution in [0.5, 0.6) is 0 Å². The molecule has 0 spiro atoms. The number of nitrogens with one attached hydrogen (secondary N) is 1. The van der Waals surface area contributed by atoms with Crippen molar-refractivity contribution in [3.8, 4) is 0 Å². The number of nitro benzene ring substituents is 1. The van der Waals surface area contributed by atoms with E-state index in [-0.39, 0.29) is 23.3 Å². The molecule has 2 aromatic rings. The van der Waals surface area contributed by atoms with Crippen LogP contribution < -0.4 is 5.32 Å². The molecule has 1 aromatic carbocycles. The third kappa shape index (κ3) is 2.69. The van der Waals surface area contributed by atoms with E-state index in [1.54, 1.807) is 0 Å². The van der Waals surface area contributed by atoms with Crippen LogP contribution in [0.25, 0.3) is 11.0 Å². The third-order valence-corrected chi connectivity index (χ3v) is 3.72. The average Bonchev–Trinajstić information content (AvgIpc) is 3.01. The van der Waals surface area contributed by atoms with E-state index >= 15 is 0 Å². The number of rotatable bonds is 4. The van der Waals surface area contributed by atoms with E-state index in [4.69, 9.17) is 4.74 Å². The molecular formula is C12H13FN4O6.